The first-order valence-corrected chi connectivity index (χ1v) is 10.4. The normalized spacial score (nSPS) is 11.7. The number of nitrogens with one attached hydrogen (secondary N) is 2. The Morgan fingerprint density at radius 2 is 1.86 bits per heavy atom. The largest absolute Gasteiger partial charge is 0.330 e. The summed E-state index contributed by atoms with van der Waals surface area (Å²) in [5.74, 6) is -0.344. The number of anilines is 3. The molecule has 0 spiro atoms. The van der Waals surface area contributed by atoms with Crippen LogP contribution in [0.4, 0.5) is 22.2 Å². The fourth-order valence-corrected chi connectivity index (χ4v) is 4.40. The monoisotopic (exact) mass is 429 g/mol. The average Bonchev–Trinajstić information content (AvgIpc) is 3.12. The quantitative estimate of drug-likeness (QED) is 0.311. The molecular formula is C19H19N5O3S2. The van der Waals surface area contributed by atoms with E-state index in [1.165, 1.54) is 40.8 Å². The van der Waals surface area contributed by atoms with Crippen molar-refractivity contribution < 1.29 is 9.72 Å². The summed E-state index contributed by atoms with van der Waals surface area (Å²) in [7, 11) is 0. The van der Waals surface area contributed by atoms with E-state index >= 15 is 0 Å². The molecule has 1 amide bonds. The van der Waals surface area contributed by atoms with E-state index < -0.39 is 10.2 Å². The number of para-hydroxylation sites is 2. The van der Waals surface area contributed by atoms with E-state index in [1.807, 2.05) is 32.0 Å². The van der Waals surface area contributed by atoms with E-state index in [4.69, 9.17) is 0 Å². The lowest BCUT2D eigenvalue weighted by molar-refractivity contribution is -0.383. The van der Waals surface area contributed by atoms with Crippen LogP contribution in [0.25, 0.3) is 0 Å². The zero-order valence-corrected chi connectivity index (χ0v) is 17.6. The molecule has 0 bridgehead atoms. The molecule has 2 aromatic carbocycles. The lowest BCUT2D eigenvalue weighted by Crippen LogP contribution is -2.22. The van der Waals surface area contributed by atoms with Crippen LogP contribution in [-0.2, 0) is 4.79 Å². The second-order valence-electron chi connectivity index (χ2n) is 6.27. The number of aromatic nitrogens is 2. The standard InChI is InChI=1S/C19H19N5O3S2/c1-11-7-6-9-14(12(11)2)21-18-22-23-19(29-18)28-13(3)17(25)20-15-8-4-5-10-16(15)24(26)27/h4-10,13H,1-3H3,(H,20,25)(H,21,22)/t13-/m1/s1. The van der Waals surface area contributed by atoms with Gasteiger partial charge in [-0.05, 0) is 44.0 Å². The number of nitrogens with zero attached hydrogens (tertiary/aromatic N) is 3. The first-order chi connectivity index (χ1) is 13.8. The highest BCUT2D eigenvalue weighted by Gasteiger charge is 2.21. The highest BCUT2D eigenvalue weighted by atomic mass is 32.2. The summed E-state index contributed by atoms with van der Waals surface area (Å²) in [5.41, 5.74) is 3.29. The van der Waals surface area contributed by atoms with Gasteiger partial charge in [-0.3, -0.25) is 14.9 Å². The van der Waals surface area contributed by atoms with Crippen molar-refractivity contribution in [1.29, 1.82) is 0 Å². The lowest BCUT2D eigenvalue weighted by Gasteiger charge is -2.10. The molecule has 0 unspecified atom stereocenters. The van der Waals surface area contributed by atoms with Crippen molar-refractivity contribution in [2.45, 2.75) is 30.4 Å². The molecule has 3 aromatic rings. The van der Waals surface area contributed by atoms with E-state index in [2.05, 4.69) is 20.8 Å². The maximum absolute atomic E-state index is 12.5. The van der Waals surface area contributed by atoms with Crippen molar-refractivity contribution in [3.05, 3.63) is 63.7 Å². The molecule has 0 aliphatic carbocycles. The minimum absolute atomic E-state index is 0.144. The third kappa shape index (κ3) is 5.09. The van der Waals surface area contributed by atoms with E-state index in [-0.39, 0.29) is 17.3 Å². The van der Waals surface area contributed by atoms with E-state index in [9.17, 15) is 14.9 Å². The minimum Gasteiger partial charge on any atom is -0.330 e. The zero-order valence-electron chi connectivity index (χ0n) is 16.0. The Morgan fingerprint density at radius 3 is 2.62 bits per heavy atom. The molecule has 0 aliphatic rings. The van der Waals surface area contributed by atoms with Gasteiger partial charge in [0.1, 0.15) is 5.69 Å². The molecule has 150 valence electrons. The van der Waals surface area contributed by atoms with Gasteiger partial charge in [-0.2, -0.15) is 0 Å². The lowest BCUT2D eigenvalue weighted by atomic mass is 10.1. The van der Waals surface area contributed by atoms with Crippen LogP contribution in [0.3, 0.4) is 0 Å². The maximum Gasteiger partial charge on any atom is 0.292 e. The zero-order chi connectivity index (χ0) is 21.0. The molecule has 0 fully saturated rings. The van der Waals surface area contributed by atoms with Gasteiger partial charge in [0.05, 0.1) is 10.2 Å². The predicted octanol–water partition coefficient (Wildman–Crippen LogP) is 4.93. The fraction of sp³-hybridized carbons (Fsp3) is 0.211. The summed E-state index contributed by atoms with van der Waals surface area (Å²) in [6.45, 7) is 5.79. The van der Waals surface area contributed by atoms with Gasteiger partial charge in [-0.1, -0.05) is 47.4 Å². The molecule has 3 rings (SSSR count). The number of carbonyl (C=O) groups excluding carboxylic acids is 1. The van der Waals surface area contributed by atoms with Crippen molar-refractivity contribution in [2.75, 3.05) is 10.6 Å². The molecule has 8 nitrogen and oxygen atoms in total. The SMILES string of the molecule is Cc1cccc(Nc2nnc(S[C@H](C)C(=O)Nc3ccccc3[N+](=O)[O-])s2)c1C. The number of carbonyl (C=O) groups is 1. The maximum atomic E-state index is 12.5. The van der Waals surface area contributed by atoms with Gasteiger partial charge in [0, 0.05) is 11.8 Å². The van der Waals surface area contributed by atoms with Crippen LogP contribution >= 0.6 is 23.1 Å². The van der Waals surface area contributed by atoms with Gasteiger partial charge in [0.15, 0.2) is 4.34 Å². The molecule has 0 aliphatic heterocycles. The number of hydrogen-bond donors (Lipinski definition) is 2. The third-order valence-corrected chi connectivity index (χ3v) is 6.28. The summed E-state index contributed by atoms with van der Waals surface area (Å²) in [6, 6.07) is 12.0. The molecule has 1 heterocycles. The van der Waals surface area contributed by atoms with Crippen LogP contribution < -0.4 is 10.6 Å². The number of thioether (sulfide) groups is 1. The molecular weight excluding hydrogens is 410 g/mol. The van der Waals surface area contributed by atoms with Crippen LogP contribution in [0, 0.1) is 24.0 Å². The molecule has 29 heavy (non-hydrogen) atoms. The first-order valence-electron chi connectivity index (χ1n) is 8.73. The number of nitro benzene ring substituents is 1. The van der Waals surface area contributed by atoms with Gasteiger partial charge in [0.2, 0.25) is 11.0 Å². The number of benzene rings is 2. The Labute approximate surface area is 175 Å². The highest BCUT2D eigenvalue weighted by Crippen LogP contribution is 2.32. The molecule has 1 aromatic heterocycles. The Balaban J connectivity index is 1.64. The molecule has 10 heteroatoms. The Bertz CT molecular complexity index is 1050. The van der Waals surface area contributed by atoms with Crippen LogP contribution in [0.1, 0.15) is 18.1 Å². The van der Waals surface area contributed by atoms with E-state index in [0.29, 0.717) is 9.47 Å². The number of rotatable bonds is 7. The third-order valence-electron chi connectivity index (χ3n) is 4.26. The van der Waals surface area contributed by atoms with Gasteiger partial charge in [-0.15, -0.1) is 10.2 Å². The van der Waals surface area contributed by atoms with Crippen molar-refractivity contribution in [3.63, 3.8) is 0 Å². The number of nitro groups is 1. The van der Waals surface area contributed by atoms with Gasteiger partial charge in [0.25, 0.3) is 5.69 Å². The Hall–Kier alpha value is -2.98. The number of amides is 1. The smallest absolute Gasteiger partial charge is 0.292 e. The van der Waals surface area contributed by atoms with E-state index in [0.717, 1.165) is 11.3 Å². The van der Waals surface area contributed by atoms with Crippen molar-refractivity contribution in [1.82, 2.24) is 10.2 Å². The second-order valence-corrected chi connectivity index (χ2v) is 8.83. The summed E-state index contributed by atoms with van der Waals surface area (Å²) in [6.07, 6.45) is 0. The van der Waals surface area contributed by atoms with E-state index in [1.54, 1.807) is 19.1 Å². The van der Waals surface area contributed by atoms with Crippen LogP contribution in [-0.4, -0.2) is 26.3 Å². The summed E-state index contributed by atoms with van der Waals surface area (Å²) < 4.78 is 0.628. The molecule has 2 N–H and O–H groups in total. The number of hydrogen-bond acceptors (Lipinski definition) is 8. The Kier molecular flexibility index (Phi) is 6.45. The number of aryl methyl sites for hydroxylation is 1. The second kappa shape index (κ2) is 9.01. The molecule has 1 atom stereocenters. The van der Waals surface area contributed by atoms with Crippen molar-refractivity contribution in [3.8, 4) is 0 Å². The summed E-state index contributed by atoms with van der Waals surface area (Å²) >= 11 is 2.59. The molecule has 0 radical (unpaired) electrons. The van der Waals surface area contributed by atoms with Gasteiger partial charge < -0.3 is 10.6 Å². The topological polar surface area (TPSA) is 110 Å². The first kappa shape index (κ1) is 20.7. The highest BCUT2D eigenvalue weighted by molar-refractivity contribution is 8.02. The summed E-state index contributed by atoms with van der Waals surface area (Å²) in [4.78, 5) is 23.0. The van der Waals surface area contributed by atoms with Crippen LogP contribution in [0.5, 0.6) is 0 Å². The fourth-order valence-electron chi connectivity index (χ4n) is 2.49. The van der Waals surface area contributed by atoms with Crippen molar-refractivity contribution >= 4 is 51.2 Å². The molecule has 0 saturated carbocycles. The van der Waals surface area contributed by atoms with Crippen molar-refractivity contribution in [2.24, 2.45) is 0 Å². The predicted molar refractivity (Wildman–Crippen MR) is 116 cm³/mol. The average molecular weight is 430 g/mol. The van der Waals surface area contributed by atoms with Gasteiger partial charge in [-0.25, -0.2) is 0 Å². The Morgan fingerprint density at radius 1 is 1.14 bits per heavy atom. The minimum atomic E-state index is -0.524. The van der Waals surface area contributed by atoms with Gasteiger partial charge >= 0.3 is 0 Å². The summed E-state index contributed by atoms with van der Waals surface area (Å²) in [5, 5.41) is 25.3. The van der Waals surface area contributed by atoms with Crippen LogP contribution in [0.15, 0.2) is 46.8 Å². The van der Waals surface area contributed by atoms with Crippen LogP contribution in [0.2, 0.25) is 0 Å². The molecule has 0 saturated heterocycles.